The fraction of sp³-hybridized carbons (Fsp3) is 0.536. The minimum atomic E-state index is -3.85. The Kier molecular flexibility index (Phi) is 8.85. The van der Waals surface area contributed by atoms with Gasteiger partial charge < -0.3 is 24.4 Å². The molecule has 0 spiro atoms. The maximum Gasteiger partial charge on any atom is 0.261 e. The summed E-state index contributed by atoms with van der Waals surface area (Å²) in [6.07, 6.45) is 2.38. The van der Waals surface area contributed by atoms with Crippen LogP contribution in [0.5, 0.6) is 11.5 Å². The number of nitrogens with zero attached hydrogens (tertiary/aromatic N) is 2. The van der Waals surface area contributed by atoms with Gasteiger partial charge in [0.2, 0.25) is 5.91 Å². The van der Waals surface area contributed by atoms with Crippen molar-refractivity contribution in [3.05, 3.63) is 48.0 Å². The molecule has 1 fully saturated rings. The number of sulfonamides is 1. The van der Waals surface area contributed by atoms with Gasteiger partial charge in [-0.25, -0.2) is 8.42 Å². The van der Waals surface area contributed by atoms with Crippen LogP contribution in [0.2, 0.25) is 0 Å². The lowest BCUT2D eigenvalue weighted by molar-refractivity contribution is -0.134. The molecule has 0 saturated heterocycles. The smallest absolute Gasteiger partial charge is 0.261 e. The SMILES string of the molecule is COc1ccc(S(=O)(=O)Nc2ccc3c(c2)CC(=O)N([C@@H](C)CO)C[C@@H](C)[C@@H](CN(C)CC2CC2)O3)cc1. The summed E-state index contributed by atoms with van der Waals surface area (Å²) in [5.74, 6) is 1.76. The highest BCUT2D eigenvalue weighted by Gasteiger charge is 2.32. The van der Waals surface area contributed by atoms with Crippen LogP contribution >= 0.6 is 0 Å². The normalized spacial score (nSPS) is 21.1. The maximum absolute atomic E-state index is 13.4. The minimum absolute atomic E-state index is 0.0220. The zero-order valence-electron chi connectivity index (χ0n) is 22.6. The number of aliphatic hydroxyl groups excluding tert-OH is 1. The number of fused-ring (bicyclic) bond motifs is 1. The molecule has 0 bridgehead atoms. The summed E-state index contributed by atoms with van der Waals surface area (Å²) in [5.41, 5.74) is 0.941. The molecule has 2 aliphatic rings. The largest absolute Gasteiger partial charge is 0.497 e. The third-order valence-electron chi connectivity index (χ3n) is 7.30. The number of nitrogens with one attached hydrogen (secondary N) is 1. The molecule has 1 aliphatic heterocycles. The van der Waals surface area contributed by atoms with Crippen LogP contribution in [0.4, 0.5) is 5.69 Å². The number of rotatable bonds is 10. The lowest BCUT2D eigenvalue weighted by atomic mass is 10.0. The number of carbonyl (C=O) groups excluding carboxylic acids is 1. The van der Waals surface area contributed by atoms with E-state index in [0.29, 0.717) is 35.8 Å². The van der Waals surface area contributed by atoms with Gasteiger partial charge in [0.15, 0.2) is 0 Å². The van der Waals surface area contributed by atoms with E-state index in [1.807, 2.05) is 6.92 Å². The Morgan fingerprint density at radius 3 is 2.53 bits per heavy atom. The zero-order valence-corrected chi connectivity index (χ0v) is 23.4. The maximum atomic E-state index is 13.4. The Hall–Kier alpha value is -2.82. The average molecular weight is 546 g/mol. The van der Waals surface area contributed by atoms with Crippen molar-refractivity contribution in [2.75, 3.05) is 45.1 Å². The highest BCUT2D eigenvalue weighted by molar-refractivity contribution is 7.92. The van der Waals surface area contributed by atoms with E-state index in [2.05, 4.69) is 23.6 Å². The number of anilines is 1. The molecule has 2 N–H and O–H groups in total. The van der Waals surface area contributed by atoms with E-state index in [1.54, 1.807) is 35.2 Å². The summed E-state index contributed by atoms with van der Waals surface area (Å²) in [4.78, 5) is 17.5. The molecule has 9 nitrogen and oxygen atoms in total. The molecule has 38 heavy (non-hydrogen) atoms. The van der Waals surface area contributed by atoms with Crippen LogP contribution in [0.3, 0.4) is 0 Å². The first-order chi connectivity index (χ1) is 18.1. The van der Waals surface area contributed by atoms with Gasteiger partial charge in [-0.3, -0.25) is 9.52 Å². The van der Waals surface area contributed by atoms with E-state index in [1.165, 1.54) is 32.1 Å². The summed E-state index contributed by atoms with van der Waals surface area (Å²) < 4.78 is 40.3. The second-order valence-corrected chi connectivity index (χ2v) is 12.3. The second-order valence-electron chi connectivity index (χ2n) is 10.7. The fourth-order valence-corrected chi connectivity index (χ4v) is 5.85. The van der Waals surface area contributed by atoms with Gasteiger partial charge in [0.1, 0.15) is 17.6 Å². The Morgan fingerprint density at radius 1 is 1.18 bits per heavy atom. The number of hydrogen-bond donors (Lipinski definition) is 2. The molecule has 10 heteroatoms. The first-order valence-corrected chi connectivity index (χ1v) is 14.6. The standard InChI is InChI=1S/C28H39N3O6S/c1-19-15-31(20(2)18-32)28(33)14-22-13-23(29-38(34,35)25-10-8-24(36-4)9-11-25)7-12-26(22)37-27(19)17-30(3)16-21-5-6-21/h7-13,19-21,27,29,32H,5-6,14-18H2,1-4H3/t19-,20+,27-/m1/s1. The van der Waals surface area contributed by atoms with Gasteiger partial charge >= 0.3 is 0 Å². The van der Waals surface area contributed by atoms with Crippen LogP contribution in [-0.2, 0) is 21.2 Å². The Morgan fingerprint density at radius 2 is 1.89 bits per heavy atom. The van der Waals surface area contributed by atoms with E-state index in [-0.39, 0.29) is 41.9 Å². The molecule has 0 unspecified atom stereocenters. The molecule has 1 heterocycles. The predicted molar refractivity (Wildman–Crippen MR) is 146 cm³/mol. The van der Waals surface area contributed by atoms with Crippen LogP contribution in [-0.4, -0.2) is 81.8 Å². The van der Waals surface area contributed by atoms with Crippen LogP contribution < -0.4 is 14.2 Å². The van der Waals surface area contributed by atoms with E-state index in [9.17, 15) is 18.3 Å². The third-order valence-corrected chi connectivity index (χ3v) is 8.69. The number of carbonyl (C=O) groups is 1. The topological polar surface area (TPSA) is 108 Å². The molecule has 0 aromatic heterocycles. The number of benzene rings is 2. The van der Waals surface area contributed by atoms with Crippen LogP contribution in [0.25, 0.3) is 0 Å². The monoisotopic (exact) mass is 545 g/mol. The summed E-state index contributed by atoms with van der Waals surface area (Å²) >= 11 is 0. The Balaban J connectivity index is 1.62. The molecule has 4 rings (SSSR count). The van der Waals surface area contributed by atoms with Gasteiger partial charge in [-0.2, -0.15) is 0 Å². The molecular formula is C28H39N3O6S. The lowest BCUT2D eigenvalue weighted by Crippen LogP contribution is -2.47. The van der Waals surface area contributed by atoms with Crippen molar-refractivity contribution in [2.24, 2.45) is 11.8 Å². The van der Waals surface area contributed by atoms with Crippen molar-refractivity contribution in [2.45, 2.75) is 50.2 Å². The van der Waals surface area contributed by atoms with Crippen LogP contribution in [0.1, 0.15) is 32.3 Å². The second kappa shape index (κ2) is 11.9. The number of amides is 1. The van der Waals surface area contributed by atoms with Crippen molar-refractivity contribution < 1.29 is 27.8 Å². The highest BCUT2D eigenvalue weighted by atomic mass is 32.2. The Labute approximate surface area is 225 Å². The molecule has 208 valence electrons. The van der Waals surface area contributed by atoms with Crippen molar-refractivity contribution in [3.8, 4) is 11.5 Å². The molecule has 2 aromatic rings. The van der Waals surface area contributed by atoms with E-state index >= 15 is 0 Å². The van der Waals surface area contributed by atoms with E-state index in [4.69, 9.17) is 9.47 Å². The molecule has 0 radical (unpaired) electrons. The molecular weight excluding hydrogens is 506 g/mol. The van der Waals surface area contributed by atoms with Gasteiger partial charge in [-0.05, 0) is 75.2 Å². The summed E-state index contributed by atoms with van der Waals surface area (Å²) in [5, 5.41) is 9.83. The lowest BCUT2D eigenvalue weighted by Gasteiger charge is -2.34. The van der Waals surface area contributed by atoms with Crippen LogP contribution in [0, 0.1) is 11.8 Å². The van der Waals surface area contributed by atoms with Crippen LogP contribution in [0.15, 0.2) is 47.4 Å². The summed E-state index contributed by atoms with van der Waals surface area (Å²) in [6.45, 7) is 5.95. The Bertz CT molecular complexity index is 1220. The quantitative estimate of drug-likeness (QED) is 0.473. The van der Waals surface area contributed by atoms with E-state index in [0.717, 1.165) is 12.5 Å². The number of methoxy groups -OCH3 is 1. The summed E-state index contributed by atoms with van der Waals surface area (Å²) in [7, 11) is -0.239. The number of aliphatic hydroxyl groups is 1. The molecule has 1 amide bonds. The molecule has 1 saturated carbocycles. The number of ether oxygens (including phenoxy) is 2. The average Bonchev–Trinajstić information content (AvgIpc) is 3.70. The van der Waals surface area contributed by atoms with Gasteiger partial charge in [0.25, 0.3) is 10.0 Å². The van der Waals surface area contributed by atoms with Crippen molar-refractivity contribution in [1.82, 2.24) is 9.80 Å². The molecule has 3 atom stereocenters. The van der Waals surface area contributed by atoms with Crippen molar-refractivity contribution in [1.29, 1.82) is 0 Å². The minimum Gasteiger partial charge on any atom is -0.497 e. The van der Waals surface area contributed by atoms with Gasteiger partial charge in [0, 0.05) is 36.8 Å². The molecule has 2 aromatic carbocycles. The number of likely N-dealkylation sites (N-methyl/N-ethyl adjacent to an activating group) is 1. The summed E-state index contributed by atoms with van der Waals surface area (Å²) in [6, 6.07) is 10.8. The van der Waals surface area contributed by atoms with Crippen molar-refractivity contribution >= 4 is 21.6 Å². The van der Waals surface area contributed by atoms with Gasteiger partial charge in [-0.1, -0.05) is 6.92 Å². The van der Waals surface area contributed by atoms with E-state index < -0.39 is 10.0 Å². The third kappa shape index (κ3) is 6.98. The number of hydrogen-bond acceptors (Lipinski definition) is 7. The first-order valence-electron chi connectivity index (χ1n) is 13.1. The van der Waals surface area contributed by atoms with Crippen molar-refractivity contribution in [3.63, 3.8) is 0 Å². The van der Waals surface area contributed by atoms with Gasteiger partial charge in [-0.15, -0.1) is 0 Å². The predicted octanol–water partition coefficient (Wildman–Crippen LogP) is 2.99. The molecule has 1 aliphatic carbocycles. The fourth-order valence-electron chi connectivity index (χ4n) is 4.80. The zero-order chi connectivity index (χ0) is 27.4. The van der Waals surface area contributed by atoms with Gasteiger partial charge in [0.05, 0.1) is 31.1 Å². The highest BCUT2D eigenvalue weighted by Crippen LogP contribution is 2.32. The first kappa shape index (κ1) is 28.2.